The number of nitrogens with zero attached hydrogens (tertiary/aromatic N) is 2. The molecule has 76 heavy (non-hydrogen) atoms. The highest BCUT2D eigenvalue weighted by Crippen LogP contribution is 2.55. The molecule has 0 spiro atoms. The molecule has 0 bridgehead atoms. The van der Waals surface area contributed by atoms with E-state index in [-0.39, 0.29) is 120 Å². The van der Waals surface area contributed by atoms with Crippen molar-refractivity contribution in [1.82, 2.24) is 0 Å². The Bertz CT molecular complexity index is 3990. The van der Waals surface area contributed by atoms with E-state index in [0.29, 0.717) is 18.6 Å². The monoisotopic (exact) mass is 1200 g/mol. The summed E-state index contributed by atoms with van der Waals surface area (Å²) in [7, 11) is -34.9. The molecule has 6 rings (SSSR count). The molecule has 0 aliphatic carbocycles. The third-order valence-corrected chi connectivity index (χ3v) is 19.2. The SMILES string of the molecule is CC1(CCCS(=O)(=O)O)C(/C=C/C=C2/N(CCCCCC(=O)O)c3ccc4c(S(=O)(=O)O)cc(S(=O)(=O)O)cc4c3C2(C)CCCS(=O)(=O)O)=[N+](CCCS(=O)(=O)O)c2ccc3c(S(=O)(=O)O)cc(S(=O)(=O)O)cc3c21. The van der Waals surface area contributed by atoms with Crippen LogP contribution in [0.2, 0.25) is 0 Å². The van der Waals surface area contributed by atoms with Crippen molar-refractivity contribution in [2.24, 2.45) is 0 Å². The molecule has 32 heteroatoms. The van der Waals surface area contributed by atoms with E-state index in [2.05, 4.69) is 0 Å². The molecule has 4 aromatic rings. The van der Waals surface area contributed by atoms with Gasteiger partial charge in [0.2, 0.25) is 5.69 Å². The van der Waals surface area contributed by atoms with Crippen LogP contribution in [0, 0.1) is 0 Å². The first kappa shape index (κ1) is 60.4. The Balaban J connectivity index is 1.71. The maximum atomic E-state index is 12.8. The van der Waals surface area contributed by atoms with Gasteiger partial charge >= 0.3 is 5.97 Å². The second-order valence-electron chi connectivity index (χ2n) is 18.7. The highest BCUT2D eigenvalue weighted by molar-refractivity contribution is 7.87. The average molecular weight is 1200 g/mol. The summed E-state index contributed by atoms with van der Waals surface area (Å²) in [6.07, 6.45) is 3.44. The lowest BCUT2D eigenvalue weighted by molar-refractivity contribution is -0.437. The molecule has 418 valence electrons. The van der Waals surface area contributed by atoms with Gasteiger partial charge in [0.1, 0.15) is 16.3 Å². The minimum absolute atomic E-state index is 0.0458. The van der Waals surface area contributed by atoms with E-state index < -0.39 is 124 Å². The minimum atomic E-state index is -5.27. The molecule has 2 unspecified atom stereocenters. The van der Waals surface area contributed by atoms with E-state index in [1.54, 1.807) is 11.8 Å². The fourth-order valence-corrected chi connectivity index (χ4v) is 14.5. The Morgan fingerprint density at radius 1 is 0.553 bits per heavy atom. The predicted molar refractivity (Wildman–Crippen MR) is 275 cm³/mol. The van der Waals surface area contributed by atoms with Crippen molar-refractivity contribution in [3.8, 4) is 0 Å². The number of carboxylic acids is 1. The van der Waals surface area contributed by atoms with Gasteiger partial charge in [0.15, 0.2) is 5.71 Å². The summed E-state index contributed by atoms with van der Waals surface area (Å²) in [6, 6.07) is 8.09. The first-order valence-electron chi connectivity index (χ1n) is 22.7. The van der Waals surface area contributed by atoms with Crippen molar-refractivity contribution >= 4 is 115 Å². The number of allylic oxidation sites excluding steroid dienone is 4. The topological polar surface area (TPSA) is 424 Å². The lowest BCUT2D eigenvalue weighted by Crippen LogP contribution is -2.32. The van der Waals surface area contributed by atoms with Gasteiger partial charge in [0, 0.05) is 64.7 Å². The van der Waals surface area contributed by atoms with Crippen molar-refractivity contribution < 1.29 is 105 Å². The standard InChI is InChI=1S/C44H52N2O23S7/c1-43(17-7-21-70(49,50)51)38(45(19-5-3-4-12-40(47)48)34-15-13-30-32(41(34)43)24-28(73(58,59)60)26-36(30)75(64,65)66)10-6-11-39-44(2,18-8-22-71(52,53)54)42-33-25-29(74(61,62)63)27-37(76(67,68)69)31(33)14-16-35(42)46(39)20-9-23-72(55,56)57/h6,10-11,13-16,24-27H,3-5,7-9,12,17-23H2,1-2H3,(H7-,47,48,49,50,51,52,53,54,55,56,57,58,59,60,61,62,63,64,65,66,67,68,69)/p+1. The van der Waals surface area contributed by atoms with Gasteiger partial charge in [-0.15, -0.1) is 0 Å². The Hall–Kier alpha value is -4.81. The number of benzene rings is 4. The molecule has 0 radical (unpaired) electrons. The highest BCUT2D eigenvalue weighted by Gasteiger charge is 2.50. The number of hydrogen-bond acceptors (Lipinski definition) is 16. The molecule has 2 aliphatic heterocycles. The molecule has 2 heterocycles. The number of anilines is 1. The van der Waals surface area contributed by atoms with Crippen LogP contribution in [0.3, 0.4) is 0 Å². The number of carboxylic acid groups (broad SMARTS) is 1. The van der Waals surface area contributed by atoms with E-state index in [9.17, 15) is 101 Å². The summed E-state index contributed by atoms with van der Waals surface area (Å²) in [4.78, 5) is 9.23. The zero-order valence-electron chi connectivity index (χ0n) is 40.2. The van der Waals surface area contributed by atoms with Crippen LogP contribution in [0.15, 0.2) is 92.0 Å². The maximum Gasteiger partial charge on any atom is 0.303 e. The van der Waals surface area contributed by atoms with Crippen LogP contribution in [-0.2, 0) is 86.5 Å². The van der Waals surface area contributed by atoms with Gasteiger partial charge in [-0.25, -0.2) is 0 Å². The first-order valence-corrected chi connectivity index (χ1v) is 33.3. The fourth-order valence-electron chi connectivity index (χ4n) is 10.3. The van der Waals surface area contributed by atoms with Crippen molar-refractivity contribution in [3.63, 3.8) is 0 Å². The number of fused-ring (bicyclic) bond motifs is 6. The zero-order chi connectivity index (χ0) is 57.0. The van der Waals surface area contributed by atoms with Crippen LogP contribution in [-0.4, -0.2) is 143 Å². The van der Waals surface area contributed by atoms with E-state index in [0.717, 1.165) is 12.1 Å². The van der Waals surface area contributed by atoms with E-state index >= 15 is 0 Å². The first-order chi connectivity index (χ1) is 34.7. The third kappa shape index (κ3) is 13.5. The molecule has 4 aromatic carbocycles. The van der Waals surface area contributed by atoms with Gasteiger partial charge in [-0.05, 0) is 111 Å². The molecule has 2 atom stereocenters. The number of carbonyl (C=O) groups is 1. The van der Waals surface area contributed by atoms with E-state index in [1.807, 2.05) is 0 Å². The van der Waals surface area contributed by atoms with Crippen LogP contribution >= 0.6 is 0 Å². The van der Waals surface area contributed by atoms with E-state index in [4.69, 9.17) is 0 Å². The lowest BCUT2D eigenvalue weighted by atomic mass is 9.74. The molecule has 8 N–H and O–H groups in total. The second-order valence-corrected chi connectivity index (χ2v) is 29.1. The summed E-state index contributed by atoms with van der Waals surface area (Å²) < 4.78 is 247. The summed E-state index contributed by atoms with van der Waals surface area (Å²) in [5.74, 6) is -3.57. The van der Waals surface area contributed by atoms with Crippen LogP contribution in [0.1, 0.15) is 82.8 Å². The minimum Gasteiger partial charge on any atom is -0.481 e. The van der Waals surface area contributed by atoms with Crippen molar-refractivity contribution in [2.75, 3.05) is 35.2 Å². The Labute approximate surface area is 438 Å². The molecule has 0 fully saturated rings. The summed E-state index contributed by atoms with van der Waals surface area (Å²) >= 11 is 0. The molecule has 25 nitrogen and oxygen atoms in total. The lowest BCUT2D eigenvalue weighted by Gasteiger charge is -2.31. The molecule has 2 aliphatic rings. The van der Waals surface area contributed by atoms with Crippen LogP contribution in [0.4, 0.5) is 11.4 Å². The number of aliphatic carboxylic acids is 1. The number of hydrogen-bond donors (Lipinski definition) is 8. The zero-order valence-corrected chi connectivity index (χ0v) is 45.9. The summed E-state index contributed by atoms with van der Waals surface area (Å²) in [6.45, 7) is 2.84. The van der Waals surface area contributed by atoms with Gasteiger partial charge in [-0.3, -0.25) is 36.7 Å². The molecule has 0 saturated carbocycles. The molecular weight excluding hydrogens is 1150 g/mol. The second kappa shape index (κ2) is 21.4. The Morgan fingerprint density at radius 3 is 1.50 bits per heavy atom. The molecule has 0 aromatic heterocycles. The van der Waals surface area contributed by atoms with Gasteiger partial charge in [0.25, 0.3) is 70.8 Å². The smallest absolute Gasteiger partial charge is 0.303 e. The number of unbranched alkanes of at least 4 members (excludes halogenated alkanes) is 2. The Kier molecular flexibility index (Phi) is 17.0. The fraction of sp³-hybridized carbons (Fsp3) is 0.409. The van der Waals surface area contributed by atoms with Crippen LogP contribution in [0.25, 0.3) is 21.5 Å². The van der Waals surface area contributed by atoms with Crippen LogP contribution < -0.4 is 4.90 Å². The maximum absolute atomic E-state index is 12.8. The highest BCUT2D eigenvalue weighted by atomic mass is 32.2. The average Bonchev–Trinajstić information content (AvgIpc) is 3.63. The quantitative estimate of drug-likeness (QED) is 0.0265. The molecule has 0 saturated heterocycles. The Morgan fingerprint density at radius 2 is 1.03 bits per heavy atom. The van der Waals surface area contributed by atoms with Crippen molar-refractivity contribution in [1.29, 1.82) is 0 Å². The van der Waals surface area contributed by atoms with Crippen LogP contribution in [0.5, 0.6) is 0 Å². The van der Waals surface area contributed by atoms with Crippen molar-refractivity contribution in [3.05, 3.63) is 83.6 Å². The van der Waals surface area contributed by atoms with Crippen molar-refractivity contribution in [2.45, 2.75) is 102 Å². The summed E-state index contributed by atoms with van der Waals surface area (Å²) in [5, 5.41) is 8.41. The summed E-state index contributed by atoms with van der Waals surface area (Å²) in [5.41, 5.74) is -2.20. The van der Waals surface area contributed by atoms with Gasteiger partial charge < -0.3 is 10.0 Å². The van der Waals surface area contributed by atoms with E-state index in [1.165, 1.54) is 54.0 Å². The predicted octanol–water partition coefficient (Wildman–Crippen LogP) is 4.81. The van der Waals surface area contributed by atoms with Gasteiger partial charge in [-0.2, -0.15) is 63.5 Å². The van der Waals surface area contributed by atoms with Gasteiger partial charge in [-0.1, -0.05) is 18.6 Å². The normalized spacial score (nSPS) is 19.4. The largest absolute Gasteiger partial charge is 0.481 e. The third-order valence-electron chi connectivity index (χ3n) is 13.4. The number of rotatable bonds is 24. The van der Waals surface area contributed by atoms with Gasteiger partial charge in [0.05, 0.1) is 32.5 Å². The molecular formula is C44H53N2O23S7+. The molecule has 0 amide bonds.